The first-order valence-electron chi connectivity index (χ1n) is 5.83. The van der Waals surface area contributed by atoms with Crippen LogP contribution in [-0.2, 0) is 0 Å². The van der Waals surface area contributed by atoms with Gasteiger partial charge in [-0.25, -0.2) is 4.79 Å². The summed E-state index contributed by atoms with van der Waals surface area (Å²) in [6.45, 7) is 0. The molecule has 0 aliphatic rings. The van der Waals surface area contributed by atoms with E-state index in [-0.39, 0.29) is 4.90 Å². The fraction of sp³-hybridized carbons (Fsp3) is 0. The van der Waals surface area contributed by atoms with Crippen molar-refractivity contribution in [3.05, 3.63) is 68.3 Å². The molecule has 0 amide bonds. The van der Waals surface area contributed by atoms with E-state index in [9.17, 15) is 25.0 Å². The number of nitro groups is 2. The van der Waals surface area contributed by atoms with Crippen LogP contribution in [-0.4, -0.2) is 20.9 Å². The Morgan fingerprint density at radius 3 is 2.14 bits per heavy atom. The third kappa shape index (κ3) is 3.04. The average Bonchev–Trinajstić information content (AvgIpc) is 2.47. The summed E-state index contributed by atoms with van der Waals surface area (Å²) in [5.41, 5.74) is -2.51. The zero-order valence-electron chi connectivity index (χ0n) is 10.8. The van der Waals surface area contributed by atoms with Crippen molar-refractivity contribution in [2.75, 3.05) is 0 Å². The number of carboxylic acids is 1. The van der Waals surface area contributed by atoms with Crippen molar-refractivity contribution >= 4 is 29.1 Å². The fourth-order valence-electron chi connectivity index (χ4n) is 1.80. The maximum absolute atomic E-state index is 11.2. The molecule has 0 bridgehead atoms. The van der Waals surface area contributed by atoms with Crippen molar-refractivity contribution in [3.63, 3.8) is 0 Å². The van der Waals surface area contributed by atoms with E-state index in [4.69, 9.17) is 5.11 Å². The zero-order chi connectivity index (χ0) is 16.3. The van der Waals surface area contributed by atoms with E-state index in [0.717, 1.165) is 17.8 Å². The molecule has 0 saturated heterocycles. The van der Waals surface area contributed by atoms with Gasteiger partial charge in [-0.05, 0) is 18.2 Å². The molecule has 9 heteroatoms. The lowest BCUT2D eigenvalue weighted by molar-refractivity contribution is -0.396. The Balaban J connectivity index is 2.65. The molecule has 1 N–H and O–H groups in total. The molecule has 0 aliphatic heterocycles. The summed E-state index contributed by atoms with van der Waals surface area (Å²) in [7, 11) is 0. The van der Waals surface area contributed by atoms with Gasteiger partial charge in [-0.15, -0.1) is 0 Å². The molecule has 0 heterocycles. The highest BCUT2D eigenvalue weighted by Crippen LogP contribution is 2.40. The van der Waals surface area contributed by atoms with Crippen LogP contribution in [0.2, 0.25) is 0 Å². The lowest BCUT2D eigenvalue weighted by atomic mass is 10.1. The minimum Gasteiger partial charge on any atom is -0.477 e. The third-order valence-corrected chi connectivity index (χ3v) is 3.74. The molecule has 0 unspecified atom stereocenters. The number of nitro benzene ring substituents is 2. The average molecular weight is 320 g/mol. The number of carboxylic acid groups (broad SMARTS) is 1. The number of hydrogen-bond donors (Lipinski definition) is 1. The Labute approximate surface area is 127 Å². The lowest BCUT2D eigenvalue weighted by Gasteiger charge is -2.06. The summed E-state index contributed by atoms with van der Waals surface area (Å²) >= 11 is 0.967. The molecule has 0 fully saturated rings. The predicted octanol–water partition coefficient (Wildman–Crippen LogP) is 3.35. The molecule has 112 valence electrons. The van der Waals surface area contributed by atoms with E-state index in [1.165, 1.54) is 6.07 Å². The van der Waals surface area contributed by atoms with Crippen molar-refractivity contribution in [1.29, 1.82) is 0 Å². The highest BCUT2D eigenvalue weighted by Gasteiger charge is 2.34. The maximum atomic E-state index is 11.2. The van der Waals surface area contributed by atoms with Crippen LogP contribution >= 0.6 is 11.8 Å². The Morgan fingerprint density at radius 2 is 1.64 bits per heavy atom. The van der Waals surface area contributed by atoms with E-state index in [1.54, 1.807) is 30.3 Å². The Bertz CT molecular complexity index is 763. The topological polar surface area (TPSA) is 124 Å². The highest BCUT2D eigenvalue weighted by atomic mass is 32.2. The molecule has 0 spiro atoms. The fourth-order valence-corrected chi connectivity index (χ4v) is 2.76. The first-order chi connectivity index (χ1) is 10.4. The van der Waals surface area contributed by atoms with E-state index >= 15 is 0 Å². The number of benzene rings is 2. The van der Waals surface area contributed by atoms with Crippen LogP contribution in [0.5, 0.6) is 0 Å². The molecule has 0 radical (unpaired) electrons. The highest BCUT2D eigenvalue weighted by molar-refractivity contribution is 7.99. The van der Waals surface area contributed by atoms with Crippen LogP contribution in [0.4, 0.5) is 11.4 Å². The van der Waals surface area contributed by atoms with Crippen molar-refractivity contribution in [2.24, 2.45) is 0 Å². The Morgan fingerprint density at radius 1 is 1.00 bits per heavy atom. The van der Waals surface area contributed by atoms with Crippen molar-refractivity contribution in [2.45, 2.75) is 9.79 Å². The van der Waals surface area contributed by atoms with E-state index in [1.807, 2.05) is 0 Å². The second-order valence-electron chi connectivity index (χ2n) is 4.04. The number of nitrogens with zero attached hydrogens (tertiary/aromatic N) is 2. The smallest absolute Gasteiger partial charge is 0.349 e. The normalized spacial score (nSPS) is 10.2. The largest absolute Gasteiger partial charge is 0.477 e. The van der Waals surface area contributed by atoms with Crippen molar-refractivity contribution in [3.8, 4) is 0 Å². The van der Waals surface area contributed by atoms with Crippen LogP contribution in [0, 0.1) is 20.2 Å². The molecule has 0 atom stereocenters. The van der Waals surface area contributed by atoms with Gasteiger partial charge in [-0.1, -0.05) is 30.0 Å². The van der Waals surface area contributed by atoms with Gasteiger partial charge in [-0.3, -0.25) is 20.2 Å². The molecular weight excluding hydrogens is 312 g/mol. The Hall–Kier alpha value is -2.94. The number of hydrogen-bond acceptors (Lipinski definition) is 6. The van der Waals surface area contributed by atoms with Crippen molar-refractivity contribution < 1.29 is 19.7 Å². The van der Waals surface area contributed by atoms with Gasteiger partial charge in [0.2, 0.25) is 5.56 Å². The second-order valence-corrected chi connectivity index (χ2v) is 5.16. The lowest BCUT2D eigenvalue weighted by Crippen LogP contribution is -2.08. The van der Waals surface area contributed by atoms with Crippen molar-refractivity contribution in [1.82, 2.24) is 0 Å². The van der Waals surface area contributed by atoms with E-state index < -0.39 is 32.8 Å². The molecule has 2 aromatic rings. The van der Waals surface area contributed by atoms with Gasteiger partial charge in [-0.2, -0.15) is 0 Å². The standard InChI is InChI=1S/C13H8N2O6S/c16-13(17)11-9(14(18)19)6-7-10(12(11)15(20)21)22-8-4-2-1-3-5-8/h1-7H,(H,16,17). The minimum absolute atomic E-state index is 0.0270. The van der Waals surface area contributed by atoms with Crippen LogP contribution < -0.4 is 0 Å². The molecule has 22 heavy (non-hydrogen) atoms. The molecule has 0 saturated carbocycles. The summed E-state index contributed by atoms with van der Waals surface area (Å²) in [4.78, 5) is 32.1. The van der Waals surface area contributed by atoms with Gasteiger partial charge >= 0.3 is 11.7 Å². The van der Waals surface area contributed by atoms with Crippen LogP contribution in [0.15, 0.2) is 52.3 Å². The molecular formula is C13H8N2O6S. The number of carbonyl (C=O) groups is 1. The summed E-state index contributed by atoms with van der Waals surface area (Å²) in [6.07, 6.45) is 0. The number of aromatic carboxylic acids is 1. The van der Waals surface area contributed by atoms with Gasteiger partial charge in [0.15, 0.2) is 0 Å². The van der Waals surface area contributed by atoms with Gasteiger partial charge in [0, 0.05) is 11.0 Å². The van der Waals surface area contributed by atoms with Gasteiger partial charge in [0.1, 0.15) is 0 Å². The maximum Gasteiger partial charge on any atom is 0.349 e. The monoisotopic (exact) mass is 320 g/mol. The number of rotatable bonds is 5. The van der Waals surface area contributed by atoms with Crippen LogP contribution in [0.3, 0.4) is 0 Å². The Kier molecular flexibility index (Phi) is 4.37. The summed E-state index contributed by atoms with van der Waals surface area (Å²) in [5, 5.41) is 31.2. The zero-order valence-corrected chi connectivity index (χ0v) is 11.6. The molecule has 0 aliphatic carbocycles. The third-order valence-electron chi connectivity index (χ3n) is 2.68. The summed E-state index contributed by atoms with van der Waals surface area (Å²) in [6, 6.07) is 10.7. The predicted molar refractivity (Wildman–Crippen MR) is 77.3 cm³/mol. The SMILES string of the molecule is O=C(O)c1c([N+](=O)[O-])ccc(Sc2ccccc2)c1[N+](=O)[O-]. The quantitative estimate of drug-likeness (QED) is 0.661. The van der Waals surface area contributed by atoms with Crippen LogP contribution in [0.25, 0.3) is 0 Å². The van der Waals surface area contributed by atoms with E-state index in [0.29, 0.717) is 4.90 Å². The first kappa shape index (κ1) is 15.4. The first-order valence-corrected chi connectivity index (χ1v) is 6.65. The molecule has 2 rings (SSSR count). The van der Waals surface area contributed by atoms with Crippen LogP contribution in [0.1, 0.15) is 10.4 Å². The van der Waals surface area contributed by atoms with E-state index in [2.05, 4.69) is 0 Å². The van der Waals surface area contributed by atoms with Gasteiger partial charge in [0.25, 0.3) is 5.69 Å². The minimum atomic E-state index is -1.71. The van der Waals surface area contributed by atoms with Gasteiger partial charge in [0.05, 0.1) is 14.7 Å². The molecule has 2 aromatic carbocycles. The molecule has 0 aromatic heterocycles. The molecule has 8 nitrogen and oxygen atoms in total. The van der Waals surface area contributed by atoms with Gasteiger partial charge < -0.3 is 5.11 Å². The second kappa shape index (κ2) is 6.22. The summed E-state index contributed by atoms with van der Waals surface area (Å²) < 4.78 is 0. The summed E-state index contributed by atoms with van der Waals surface area (Å²) in [5.74, 6) is -1.71.